The Labute approximate surface area is 152 Å². The number of halogens is 3. The molecule has 2 N–H and O–H groups in total. The van der Waals surface area contributed by atoms with Crippen molar-refractivity contribution in [3.63, 3.8) is 0 Å². The fraction of sp³-hybridized carbons (Fsp3) is 0.333. The van der Waals surface area contributed by atoms with Gasteiger partial charge in [0.2, 0.25) is 0 Å². The van der Waals surface area contributed by atoms with Crippen molar-refractivity contribution in [1.29, 1.82) is 0 Å². The van der Waals surface area contributed by atoms with E-state index in [2.05, 4.69) is 21.2 Å². The number of fused-ring (bicyclic) bond motifs is 1. The highest BCUT2D eigenvalue weighted by Crippen LogP contribution is 2.49. The average Bonchev–Trinajstić information content (AvgIpc) is 3.18. The van der Waals surface area contributed by atoms with E-state index in [0.29, 0.717) is 29.6 Å². The third-order valence-corrected chi connectivity index (χ3v) is 6.36. The van der Waals surface area contributed by atoms with E-state index < -0.39 is 17.5 Å². The van der Waals surface area contributed by atoms with Gasteiger partial charge in [0.05, 0.1) is 17.2 Å². The van der Waals surface area contributed by atoms with Crippen LogP contribution in [0.3, 0.4) is 0 Å². The summed E-state index contributed by atoms with van der Waals surface area (Å²) < 4.78 is 20.9. The standard InChI is InChI=1S/C18H16BrClFNO2/c19-16-12-8-18(10-4-2-1-3-5-10,15-6-11(23)9-22-15)24-14(12)7-13(21)17(16)20/h1-5,7,11,15,22-23H,6,8-9H2/t11-,15+,18?/m1/s1. The maximum absolute atomic E-state index is 14.0. The number of rotatable bonds is 2. The smallest absolute Gasteiger partial charge is 0.153 e. The van der Waals surface area contributed by atoms with E-state index in [-0.39, 0.29) is 11.1 Å². The van der Waals surface area contributed by atoms with Gasteiger partial charge in [-0.25, -0.2) is 4.39 Å². The largest absolute Gasteiger partial charge is 0.480 e. The summed E-state index contributed by atoms with van der Waals surface area (Å²) in [6, 6.07) is 11.1. The molecule has 4 rings (SSSR count). The summed E-state index contributed by atoms with van der Waals surface area (Å²) in [5, 5.41) is 13.4. The molecule has 0 aliphatic carbocycles. The minimum absolute atomic E-state index is 0.0700. The zero-order valence-corrected chi connectivity index (χ0v) is 15.1. The predicted molar refractivity (Wildman–Crippen MR) is 94.0 cm³/mol. The predicted octanol–water partition coefficient (Wildman–Crippen LogP) is 3.79. The van der Waals surface area contributed by atoms with Crippen LogP contribution in [0, 0.1) is 5.82 Å². The molecule has 0 bridgehead atoms. The van der Waals surface area contributed by atoms with Crippen LogP contribution in [-0.2, 0) is 12.0 Å². The van der Waals surface area contributed by atoms with E-state index in [1.807, 2.05) is 30.3 Å². The molecule has 0 radical (unpaired) electrons. The first-order valence-electron chi connectivity index (χ1n) is 7.83. The van der Waals surface area contributed by atoms with Crippen molar-refractivity contribution in [2.45, 2.75) is 30.6 Å². The van der Waals surface area contributed by atoms with Gasteiger partial charge < -0.3 is 15.2 Å². The van der Waals surface area contributed by atoms with Gasteiger partial charge in [0.15, 0.2) is 5.60 Å². The number of aliphatic hydroxyl groups excluding tert-OH is 1. The third kappa shape index (κ3) is 2.46. The number of nitrogens with one attached hydrogen (secondary N) is 1. The summed E-state index contributed by atoms with van der Waals surface area (Å²) >= 11 is 9.46. The van der Waals surface area contributed by atoms with E-state index in [1.54, 1.807) is 0 Å². The molecular formula is C18H16BrClFNO2. The van der Waals surface area contributed by atoms with E-state index in [9.17, 15) is 9.50 Å². The lowest BCUT2D eigenvalue weighted by Crippen LogP contribution is -2.48. The van der Waals surface area contributed by atoms with Gasteiger partial charge in [-0.05, 0) is 27.9 Å². The minimum Gasteiger partial charge on any atom is -0.480 e. The van der Waals surface area contributed by atoms with Crippen molar-refractivity contribution >= 4 is 27.5 Å². The summed E-state index contributed by atoms with van der Waals surface area (Å²) in [7, 11) is 0. The first-order valence-corrected chi connectivity index (χ1v) is 9.01. The number of ether oxygens (including phenoxy) is 1. The van der Waals surface area contributed by atoms with Crippen LogP contribution in [0.1, 0.15) is 17.5 Å². The molecule has 3 nitrogen and oxygen atoms in total. The van der Waals surface area contributed by atoms with Crippen LogP contribution in [0.4, 0.5) is 4.39 Å². The van der Waals surface area contributed by atoms with Crippen LogP contribution in [0.15, 0.2) is 40.9 Å². The Morgan fingerprint density at radius 1 is 1.33 bits per heavy atom. The quantitative estimate of drug-likeness (QED) is 0.737. The number of hydrogen-bond donors (Lipinski definition) is 2. The molecule has 0 saturated carbocycles. The van der Waals surface area contributed by atoms with Crippen LogP contribution in [0.5, 0.6) is 5.75 Å². The number of hydrogen-bond acceptors (Lipinski definition) is 3. The monoisotopic (exact) mass is 411 g/mol. The highest BCUT2D eigenvalue weighted by Gasteiger charge is 2.50. The summed E-state index contributed by atoms with van der Waals surface area (Å²) in [6.07, 6.45) is 0.722. The minimum atomic E-state index is -0.694. The molecule has 3 atom stereocenters. The van der Waals surface area contributed by atoms with Gasteiger partial charge in [0.25, 0.3) is 0 Å². The summed E-state index contributed by atoms with van der Waals surface area (Å²) in [6.45, 7) is 0.523. The highest BCUT2D eigenvalue weighted by molar-refractivity contribution is 9.10. The van der Waals surface area contributed by atoms with E-state index in [0.717, 1.165) is 11.1 Å². The molecule has 0 amide bonds. The van der Waals surface area contributed by atoms with Gasteiger partial charge in [0, 0.05) is 29.1 Å². The van der Waals surface area contributed by atoms with Crippen molar-refractivity contribution in [2.24, 2.45) is 0 Å². The van der Waals surface area contributed by atoms with Crippen LogP contribution < -0.4 is 10.1 Å². The molecule has 2 aromatic carbocycles. The molecule has 0 spiro atoms. The van der Waals surface area contributed by atoms with Crippen LogP contribution in [0.2, 0.25) is 5.02 Å². The van der Waals surface area contributed by atoms with Gasteiger partial charge in [-0.3, -0.25) is 0 Å². The SMILES string of the molecule is O[C@H]1CN[C@H](C2(c3ccccc3)Cc3c(cc(F)c(Cl)c3Br)O2)C1. The molecule has 2 aliphatic heterocycles. The lowest BCUT2D eigenvalue weighted by Gasteiger charge is -2.35. The summed E-state index contributed by atoms with van der Waals surface area (Å²) in [4.78, 5) is 0. The molecule has 2 aromatic rings. The third-order valence-electron chi connectivity index (χ3n) is 4.89. The Bertz CT molecular complexity index is 788. The van der Waals surface area contributed by atoms with Crippen molar-refractivity contribution in [1.82, 2.24) is 5.32 Å². The van der Waals surface area contributed by atoms with Gasteiger partial charge >= 0.3 is 0 Å². The maximum Gasteiger partial charge on any atom is 0.153 e. The Balaban J connectivity index is 1.83. The van der Waals surface area contributed by atoms with E-state index >= 15 is 0 Å². The van der Waals surface area contributed by atoms with E-state index in [1.165, 1.54) is 6.07 Å². The van der Waals surface area contributed by atoms with Crippen molar-refractivity contribution < 1.29 is 14.2 Å². The molecule has 1 unspecified atom stereocenters. The van der Waals surface area contributed by atoms with Crippen molar-refractivity contribution in [2.75, 3.05) is 6.54 Å². The molecular weight excluding hydrogens is 397 g/mol. The maximum atomic E-state index is 14.0. The van der Waals surface area contributed by atoms with Gasteiger partial charge in [-0.15, -0.1) is 0 Å². The second kappa shape index (κ2) is 5.99. The van der Waals surface area contributed by atoms with E-state index in [4.69, 9.17) is 16.3 Å². The zero-order valence-electron chi connectivity index (χ0n) is 12.7. The molecule has 126 valence electrons. The number of benzene rings is 2. The Hall–Kier alpha value is -1.14. The van der Waals surface area contributed by atoms with Crippen molar-refractivity contribution in [3.8, 4) is 5.75 Å². The first kappa shape index (κ1) is 16.3. The molecule has 1 saturated heterocycles. The summed E-state index contributed by atoms with van der Waals surface area (Å²) in [5.74, 6) is -0.0126. The van der Waals surface area contributed by atoms with Gasteiger partial charge in [-0.2, -0.15) is 0 Å². The second-order valence-electron chi connectivity index (χ2n) is 6.35. The molecule has 2 aliphatic rings. The Morgan fingerprint density at radius 2 is 2.08 bits per heavy atom. The zero-order chi connectivity index (χ0) is 16.9. The topological polar surface area (TPSA) is 41.5 Å². The normalized spacial score (nSPS) is 28.7. The first-order chi connectivity index (χ1) is 11.5. The fourth-order valence-corrected chi connectivity index (χ4v) is 4.40. The van der Waals surface area contributed by atoms with Crippen molar-refractivity contribution in [3.05, 3.63) is 62.8 Å². The van der Waals surface area contributed by atoms with Gasteiger partial charge in [-0.1, -0.05) is 41.9 Å². The number of aliphatic hydroxyl groups is 1. The molecule has 6 heteroatoms. The lowest BCUT2D eigenvalue weighted by atomic mass is 9.81. The van der Waals surface area contributed by atoms with Gasteiger partial charge in [0.1, 0.15) is 11.6 Å². The van der Waals surface area contributed by atoms with Crippen LogP contribution in [-0.4, -0.2) is 23.8 Å². The van der Waals surface area contributed by atoms with Crippen LogP contribution in [0.25, 0.3) is 0 Å². The molecule has 1 fully saturated rings. The highest BCUT2D eigenvalue weighted by atomic mass is 79.9. The average molecular weight is 413 g/mol. The number of β-amino-alcohol motifs (C(OH)–C–C–N with tert-alkyl or cyclic N) is 1. The Morgan fingerprint density at radius 3 is 2.75 bits per heavy atom. The molecule has 0 aromatic heterocycles. The second-order valence-corrected chi connectivity index (χ2v) is 7.52. The van der Waals surface area contributed by atoms with Crippen LogP contribution >= 0.6 is 27.5 Å². The fourth-order valence-electron chi connectivity index (χ4n) is 3.71. The summed E-state index contributed by atoms with van der Waals surface area (Å²) in [5.41, 5.74) is 1.16. The lowest BCUT2D eigenvalue weighted by molar-refractivity contribution is 0.0486. The molecule has 24 heavy (non-hydrogen) atoms. The Kier molecular flexibility index (Phi) is 4.07. The molecule has 2 heterocycles.